The van der Waals surface area contributed by atoms with E-state index in [1.54, 1.807) is 0 Å². The first kappa shape index (κ1) is 12.7. The number of benzene rings is 7. The van der Waals surface area contributed by atoms with Crippen LogP contribution in [0.3, 0.4) is 0 Å². The molecule has 2 aliphatic carbocycles. The monoisotopic (exact) mass is 627 g/mol. The third kappa shape index (κ3) is 4.02. The van der Waals surface area contributed by atoms with Crippen molar-refractivity contribution in [3.8, 4) is 33.4 Å². The van der Waals surface area contributed by atoms with Crippen LogP contribution in [-0.2, 0) is 10.8 Å². The van der Waals surface area contributed by atoms with Gasteiger partial charge in [0.25, 0.3) is 0 Å². The van der Waals surface area contributed by atoms with Crippen LogP contribution in [0.2, 0.25) is 0 Å². The standard InChI is InChI=1S/C46H37N/c1-45(2)40-19-11-9-17-38(40)44-35(27-23-31-13-12-20-41(45)43(31)44)30-21-24-33(25-22-30)47(32-14-6-5-7-15-32)34-26-28-37-36-16-8-10-18-39(36)46(3,4)42(37)29-34/h5-29H,1-4H3/i5D,6D,7D,8D,9D,10D,11D,12D,13D,14D,15D,16D,17D,18D,19D,20D,21D,22D,23D,24D,26D,27D,28D,29D. The average Bonchev–Trinajstić information content (AvgIpc) is 3.56. The maximum absolute atomic E-state index is 9.83. The van der Waals surface area contributed by atoms with E-state index in [1.165, 1.54) is 27.7 Å². The number of nitrogens with zero attached hydrogens (tertiary/aromatic N) is 1. The van der Waals surface area contributed by atoms with Crippen LogP contribution in [0.4, 0.5) is 17.1 Å². The first-order valence-electron chi connectivity index (χ1n) is 26.7. The molecule has 0 fully saturated rings. The largest absolute Gasteiger partial charge is 0.310 e. The van der Waals surface area contributed by atoms with Gasteiger partial charge in [-0.2, -0.15) is 0 Å². The highest BCUT2D eigenvalue weighted by Gasteiger charge is 2.36. The maximum Gasteiger partial charge on any atom is 0.0648 e. The van der Waals surface area contributed by atoms with Crippen molar-refractivity contribution in [2.45, 2.75) is 38.5 Å². The highest BCUT2D eigenvalue weighted by molar-refractivity contribution is 6.09. The zero-order chi connectivity index (χ0) is 52.8. The van der Waals surface area contributed by atoms with Gasteiger partial charge in [-0.1, -0.05) is 143 Å². The molecule has 2 aliphatic rings. The van der Waals surface area contributed by atoms with Crippen LogP contribution < -0.4 is 4.90 Å². The predicted molar refractivity (Wildman–Crippen MR) is 199 cm³/mol. The molecule has 0 spiro atoms. The molecule has 7 aromatic carbocycles. The molecule has 0 saturated carbocycles. The number of fused-ring (bicyclic) bond motifs is 5. The normalized spacial score (nSPS) is 21.9. The fourth-order valence-electron chi connectivity index (χ4n) is 6.62. The smallest absolute Gasteiger partial charge is 0.0648 e. The van der Waals surface area contributed by atoms with Crippen LogP contribution in [0.1, 0.15) is 82.8 Å². The lowest BCUT2D eigenvalue weighted by molar-refractivity contribution is 0.645. The van der Waals surface area contributed by atoms with Crippen LogP contribution >= 0.6 is 0 Å². The zero-order valence-corrected chi connectivity index (χ0v) is 25.5. The van der Waals surface area contributed by atoms with Gasteiger partial charge >= 0.3 is 0 Å². The van der Waals surface area contributed by atoms with Gasteiger partial charge in [0.05, 0.1) is 32.9 Å². The van der Waals surface area contributed by atoms with E-state index in [9.17, 15) is 12.3 Å². The van der Waals surface area contributed by atoms with Crippen molar-refractivity contribution in [2.24, 2.45) is 0 Å². The highest BCUT2D eigenvalue weighted by atomic mass is 15.1. The minimum atomic E-state index is -1.52. The Morgan fingerprint density at radius 3 is 1.87 bits per heavy atom. The third-order valence-electron chi connectivity index (χ3n) is 8.96. The van der Waals surface area contributed by atoms with E-state index >= 15 is 0 Å². The molecule has 47 heavy (non-hydrogen) atoms. The summed E-state index contributed by atoms with van der Waals surface area (Å²) >= 11 is 0. The van der Waals surface area contributed by atoms with Crippen LogP contribution in [-0.4, -0.2) is 0 Å². The molecular formula is C46H37N. The molecule has 0 atom stereocenters. The van der Waals surface area contributed by atoms with Crippen LogP contribution in [0, 0.1) is 0 Å². The van der Waals surface area contributed by atoms with Gasteiger partial charge in [-0.05, 0) is 103 Å². The van der Waals surface area contributed by atoms with Crippen molar-refractivity contribution in [1.29, 1.82) is 0 Å². The van der Waals surface area contributed by atoms with Crippen LogP contribution in [0.25, 0.3) is 44.2 Å². The average molecular weight is 628 g/mol. The van der Waals surface area contributed by atoms with Crippen molar-refractivity contribution in [2.75, 3.05) is 4.90 Å². The highest BCUT2D eigenvalue weighted by Crippen LogP contribution is 2.53. The molecule has 0 bridgehead atoms. The van der Waals surface area contributed by atoms with E-state index < -0.39 is 184 Å². The molecule has 0 heterocycles. The summed E-state index contributed by atoms with van der Waals surface area (Å²) in [6.45, 7) is 6.12. The molecule has 1 nitrogen and oxygen atoms in total. The van der Waals surface area contributed by atoms with Gasteiger partial charge in [-0.25, -0.2) is 0 Å². The summed E-state index contributed by atoms with van der Waals surface area (Å²) in [5.41, 5.74) is -7.46. The Balaban J connectivity index is 1.45. The fraction of sp³-hybridized carbons (Fsp3) is 0.130. The number of para-hydroxylation sites is 1. The maximum atomic E-state index is 9.83. The zero-order valence-electron chi connectivity index (χ0n) is 49.5. The lowest BCUT2D eigenvalue weighted by atomic mass is 9.67. The van der Waals surface area contributed by atoms with E-state index in [-0.39, 0.29) is 55.3 Å². The predicted octanol–water partition coefficient (Wildman–Crippen LogP) is 12.6. The second-order valence-electron chi connectivity index (χ2n) is 12.3. The van der Waals surface area contributed by atoms with Gasteiger partial charge in [0, 0.05) is 27.9 Å². The third-order valence-corrected chi connectivity index (χ3v) is 8.96. The minimum Gasteiger partial charge on any atom is -0.310 e. The Bertz CT molecular complexity index is 3680. The SMILES string of the molecule is [2H]c1cc(N(c2c([2H])c([2H])c([2H])c([2H])c2[2H])c2c([2H])c([2H])c3c(c2[2H])C(C)(C)c2c([2H])c([2H])c([2H])c([2H])c2-3)c([2H])c([2H])c1-c1c([2H])c([2H])c2c([2H])c([2H])c([2H])c3c2c1-c1c([2H])c([2H])c([2H])c([2H])c1C3(C)C. The summed E-state index contributed by atoms with van der Waals surface area (Å²) in [5, 5.41) is -0.454. The molecule has 226 valence electrons. The molecular weight excluding hydrogens is 567 g/mol. The number of hydrogen-bond acceptors (Lipinski definition) is 1. The molecule has 0 N–H and O–H groups in total. The fourth-order valence-corrected chi connectivity index (χ4v) is 6.62. The second kappa shape index (κ2) is 10.0. The second-order valence-corrected chi connectivity index (χ2v) is 12.3. The van der Waals surface area contributed by atoms with Gasteiger partial charge in [0.2, 0.25) is 0 Å². The van der Waals surface area contributed by atoms with E-state index in [4.69, 9.17) is 20.6 Å². The number of anilines is 3. The molecule has 0 saturated heterocycles. The molecule has 0 aliphatic heterocycles. The Kier molecular flexibility index (Phi) is 2.71. The Morgan fingerprint density at radius 2 is 1.06 bits per heavy atom. The Morgan fingerprint density at radius 1 is 0.447 bits per heavy atom. The summed E-state index contributed by atoms with van der Waals surface area (Å²) in [7, 11) is 0. The van der Waals surface area contributed by atoms with E-state index in [1.807, 2.05) is 0 Å². The molecule has 7 aromatic rings. The van der Waals surface area contributed by atoms with Crippen molar-refractivity contribution in [3.05, 3.63) is 173 Å². The summed E-state index contributed by atoms with van der Waals surface area (Å²) in [5.74, 6) is 0. The van der Waals surface area contributed by atoms with E-state index in [2.05, 4.69) is 0 Å². The molecule has 1 heteroatoms. The topological polar surface area (TPSA) is 3.24 Å². The van der Waals surface area contributed by atoms with Crippen LogP contribution in [0.5, 0.6) is 0 Å². The van der Waals surface area contributed by atoms with Crippen molar-refractivity contribution in [1.82, 2.24) is 0 Å². The van der Waals surface area contributed by atoms with Gasteiger partial charge in [-0.15, -0.1) is 0 Å². The summed E-state index contributed by atoms with van der Waals surface area (Å²) < 4.78 is 217. The number of hydrogen-bond donors (Lipinski definition) is 0. The van der Waals surface area contributed by atoms with E-state index in [0.717, 1.165) is 6.07 Å². The summed E-state index contributed by atoms with van der Waals surface area (Å²) in [6.07, 6.45) is 0. The van der Waals surface area contributed by atoms with Gasteiger partial charge in [0.1, 0.15) is 0 Å². The minimum absolute atomic E-state index is 0.00913. The molecule has 0 unspecified atom stereocenters. The summed E-state index contributed by atoms with van der Waals surface area (Å²) in [4.78, 5) is 0.711. The first-order valence-corrected chi connectivity index (χ1v) is 14.7. The molecule has 0 aromatic heterocycles. The molecule has 0 radical (unpaired) electrons. The first-order chi connectivity index (χ1) is 32.8. The lowest BCUT2D eigenvalue weighted by Crippen LogP contribution is -2.23. The molecule has 9 rings (SSSR count). The van der Waals surface area contributed by atoms with E-state index in [0.29, 0.717) is 4.90 Å². The Labute approximate surface area is 311 Å². The quantitative estimate of drug-likeness (QED) is 0.188. The number of rotatable bonds is 4. The van der Waals surface area contributed by atoms with Gasteiger partial charge in [0.15, 0.2) is 0 Å². The van der Waals surface area contributed by atoms with Gasteiger partial charge in [-0.3, -0.25) is 0 Å². The molecule has 0 amide bonds. The van der Waals surface area contributed by atoms with Crippen molar-refractivity contribution in [3.63, 3.8) is 0 Å². The Hall–Kier alpha value is -5.40. The van der Waals surface area contributed by atoms with Crippen molar-refractivity contribution < 1.29 is 32.9 Å². The summed E-state index contributed by atoms with van der Waals surface area (Å²) in [6, 6.07) is -16.8. The lowest BCUT2D eigenvalue weighted by Gasteiger charge is -2.36. The van der Waals surface area contributed by atoms with Crippen LogP contribution in [0.15, 0.2) is 151 Å². The van der Waals surface area contributed by atoms with Gasteiger partial charge < -0.3 is 4.90 Å². The van der Waals surface area contributed by atoms with Crippen molar-refractivity contribution >= 4 is 27.8 Å².